The van der Waals surface area contributed by atoms with Crippen molar-refractivity contribution in [1.82, 2.24) is 9.62 Å². The molecule has 2 aromatic rings. The van der Waals surface area contributed by atoms with E-state index in [1.807, 2.05) is 37.3 Å². The molecule has 1 amide bonds. The van der Waals surface area contributed by atoms with Gasteiger partial charge in [0.15, 0.2) is 0 Å². The van der Waals surface area contributed by atoms with Crippen LogP contribution in [0.4, 0.5) is 4.79 Å². The highest BCUT2D eigenvalue weighted by Gasteiger charge is 2.31. The molecule has 196 valence electrons. The summed E-state index contributed by atoms with van der Waals surface area (Å²) in [6.45, 7) is 7.01. The standard InChI is InChI=1S/C27H37N3O5S/c1-21-13-15-23(16-14-21)36(33,34)30(18-10-6-9-17-28)20-25(31)24(19-22-11-7-5-8-12-22)29-26(32)35-27(2,3)4/h5,7-8,11-16,24-25,31H,6,9-10,18-20H2,1-4H3,(H,29,32)/t24-,25?/m0/s1. The van der Waals surface area contributed by atoms with Gasteiger partial charge in [-0.25, -0.2) is 13.2 Å². The highest BCUT2D eigenvalue weighted by Crippen LogP contribution is 2.19. The smallest absolute Gasteiger partial charge is 0.407 e. The molecule has 0 saturated heterocycles. The summed E-state index contributed by atoms with van der Waals surface area (Å²) in [6.07, 6.45) is -0.297. The van der Waals surface area contributed by atoms with Crippen molar-refractivity contribution in [3.8, 4) is 6.07 Å². The fourth-order valence-electron chi connectivity index (χ4n) is 3.61. The number of ether oxygens (including phenoxy) is 1. The molecule has 0 radical (unpaired) electrons. The first-order chi connectivity index (χ1) is 16.9. The first kappa shape index (κ1) is 29.3. The maximum atomic E-state index is 13.5. The van der Waals surface area contributed by atoms with Crippen LogP contribution in [0.2, 0.25) is 0 Å². The third-order valence-corrected chi connectivity index (χ3v) is 7.34. The second kappa shape index (κ2) is 13.4. The number of nitrogens with one attached hydrogen (secondary N) is 1. The SMILES string of the molecule is Cc1ccc(S(=O)(=O)N(CCCCC#N)CC(O)[C@H](Cc2ccccc2)NC(=O)OC(C)(C)C)cc1. The van der Waals surface area contributed by atoms with E-state index in [4.69, 9.17) is 10.00 Å². The summed E-state index contributed by atoms with van der Waals surface area (Å²) in [4.78, 5) is 12.7. The van der Waals surface area contributed by atoms with Crippen molar-refractivity contribution in [3.63, 3.8) is 0 Å². The fraction of sp³-hybridized carbons (Fsp3) is 0.481. The number of aryl methyl sites for hydroxylation is 1. The number of hydrogen-bond acceptors (Lipinski definition) is 6. The number of nitriles is 1. The molecule has 0 bridgehead atoms. The number of carbonyl (C=O) groups excluding carboxylic acids is 1. The van der Waals surface area contributed by atoms with E-state index >= 15 is 0 Å². The van der Waals surface area contributed by atoms with Crippen molar-refractivity contribution < 1.29 is 23.1 Å². The van der Waals surface area contributed by atoms with Crippen LogP contribution in [-0.2, 0) is 21.2 Å². The van der Waals surface area contributed by atoms with Crippen molar-refractivity contribution in [2.45, 2.75) is 76.0 Å². The number of unbranched alkanes of at least 4 members (excludes halogenated alkanes) is 2. The number of aliphatic hydroxyl groups excluding tert-OH is 1. The minimum Gasteiger partial charge on any atom is -0.444 e. The van der Waals surface area contributed by atoms with Crippen LogP contribution in [-0.4, -0.2) is 54.8 Å². The highest BCUT2D eigenvalue weighted by atomic mass is 32.2. The predicted molar refractivity (Wildman–Crippen MR) is 139 cm³/mol. The van der Waals surface area contributed by atoms with Crippen molar-refractivity contribution in [1.29, 1.82) is 5.26 Å². The molecule has 2 N–H and O–H groups in total. The third kappa shape index (κ3) is 9.61. The Bertz CT molecular complexity index is 1110. The van der Waals surface area contributed by atoms with E-state index in [0.29, 0.717) is 19.3 Å². The van der Waals surface area contributed by atoms with E-state index < -0.39 is 33.9 Å². The minimum atomic E-state index is -3.92. The molecule has 1 unspecified atom stereocenters. The molecule has 0 saturated carbocycles. The summed E-state index contributed by atoms with van der Waals surface area (Å²) in [5, 5.41) is 22.8. The zero-order valence-corrected chi connectivity index (χ0v) is 22.3. The lowest BCUT2D eigenvalue weighted by Crippen LogP contribution is -2.51. The normalized spacial score (nSPS) is 13.6. The summed E-state index contributed by atoms with van der Waals surface area (Å²) < 4.78 is 33.6. The second-order valence-corrected chi connectivity index (χ2v) is 11.7. The van der Waals surface area contributed by atoms with Gasteiger partial charge in [0, 0.05) is 19.5 Å². The monoisotopic (exact) mass is 515 g/mol. The lowest BCUT2D eigenvalue weighted by atomic mass is 10.0. The third-order valence-electron chi connectivity index (χ3n) is 5.46. The molecule has 2 aromatic carbocycles. The number of carbonyl (C=O) groups is 1. The Balaban J connectivity index is 2.29. The molecule has 0 aliphatic carbocycles. The molecular formula is C27H37N3O5S. The molecule has 9 heteroatoms. The summed E-state index contributed by atoms with van der Waals surface area (Å²) in [5.41, 5.74) is 1.08. The fourth-order valence-corrected chi connectivity index (χ4v) is 5.10. The summed E-state index contributed by atoms with van der Waals surface area (Å²) in [5.74, 6) is 0. The predicted octanol–water partition coefficient (Wildman–Crippen LogP) is 4.18. The Kier molecular flexibility index (Phi) is 10.9. The van der Waals surface area contributed by atoms with Gasteiger partial charge in [0.05, 0.1) is 23.1 Å². The van der Waals surface area contributed by atoms with Gasteiger partial charge < -0.3 is 15.2 Å². The lowest BCUT2D eigenvalue weighted by Gasteiger charge is -2.30. The quantitative estimate of drug-likeness (QED) is 0.409. The zero-order chi connectivity index (χ0) is 26.8. The van der Waals surface area contributed by atoms with Gasteiger partial charge in [0.2, 0.25) is 10.0 Å². The lowest BCUT2D eigenvalue weighted by molar-refractivity contribution is 0.0402. The van der Waals surface area contributed by atoms with Crippen LogP contribution in [0.3, 0.4) is 0 Å². The van der Waals surface area contributed by atoms with Gasteiger partial charge in [0.25, 0.3) is 0 Å². The van der Waals surface area contributed by atoms with Gasteiger partial charge >= 0.3 is 6.09 Å². The van der Waals surface area contributed by atoms with Crippen molar-refractivity contribution >= 4 is 16.1 Å². The number of benzene rings is 2. The largest absolute Gasteiger partial charge is 0.444 e. The van der Waals surface area contributed by atoms with Crippen molar-refractivity contribution in [3.05, 3.63) is 65.7 Å². The van der Waals surface area contributed by atoms with Crippen LogP contribution in [0.15, 0.2) is 59.5 Å². The Morgan fingerprint density at radius 1 is 1.11 bits per heavy atom. The van der Waals surface area contributed by atoms with E-state index in [2.05, 4.69) is 11.4 Å². The van der Waals surface area contributed by atoms with Crippen LogP contribution in [0, 0.1) is 18.3 Å². The average Bonchev–Trinajstić information content (AvgIpc) is 2.80. The van der Waals surface area contributed by atoms with E-state index in [1.165, 1.54) is 4.31 Å². The zero-order valence-electron chi connectivity index (χ0n) is 21.5. The molecule has 0 aliphatic rings. The second-order valence-electron chi connectivity index (χ2n) is 9.80. The van der Waals surface area contributed by atoms with Crippen LogP contribution in [0.25, 0.3) is 0 Å². The van der Waals surface area contributed by atoms with Gasteiger partial charge in [-0.2, -0.15) is 9.57 Å². The van der Waals surface area contributed by atoms with E-state index in [0.717, 1.165) is 11.1 Å². The Hall–Kier alpha value is -2.93. The number of nitrogens with zero attached hydrogens (tertiary/aromatic N) is 2. The number of sulfonamides is 1. The summed E-state index contributed by atoms with van der Waals surface area (Å²) >= 11 is 0. The first-order valence-corrected chi connectivity index (χ1v) is 13.5. The highest BCUT2D eigenvalue weighted by molar-refractivity contribution is 7.89. The van der Waals surface area contributed by atoms with Crippen molar-refractivity contribution in [2.75, 3.05) is 13.1 Å². The van der Waals surface area contributed by atoms with Gasteiger partial charge in [0.1, 0.15) is 5.60 Å². The van der Waals surface area contributed by atoms with E-state index in [-0.39, 0.29) is 24.4 Å². The molecule has 0 fully saturated rings. The molecule has 8 nitrogen and oxygen atoms in total. The molecule has 2 rings (SSSR count). The Morgan fingerprint density at radius 2 is 1.75 bits per heavy atom. The molecule has 36 heavy (non-hydrogen) atoms. The molecule has 0 spiro atoms. The number of rotatable bonds is 12. The van der Waals surface area contributed by atoms with Crippen LogP contribution in [0.5, 0.6) is 0 Å². The molecule has 0 aliphatic heterocycles. The van der Waals surface area contributed by atoms with Gasteiger partial charge in [-0.15, -0.1) is 0 Å². The minimum absolute atomic E-state index is 0.125. The number of alkyl carbamates (subject to hydrolysis) is 1. The van der Waals surface area contributed by atoms with Gasteiger partial charge in [-0.1, -0.05) is 48.0 Å². The summed E-state index contributed by atoms with van der Waals surface area (Å²) in [7, 11) is -3.92. The summed E-state index contributed by atoms with van der Waals surface area (Å²) in [6, 6.07) is 17.1. The Morgan fingerprint density at radius 3 is 2.33 bits per heavy atom. The van der Waals surface area contributed by atoms with E-state index in [1.54, 1.807) is 45.0 Å². The van der Waals surface area contributed by atoms with Crippen LogP contribution in [0.1, 0.15) is 51.2 Å². The van der Waals surface area contributed by atoms with Crippen molar-refractivity contribution in [2.24, 2.45) is 0 Å². The molecule has 2 atom stereocenters. The van der Waals surface area contributed by atoms with Crippen LogP contribution >= 0.6 is 0 Å². The van der Waals surface area contributed by atoms with Gasteiger partial charge in [-0.05, 0) is 64.7 Å². The molecule has 0 heterocycles. The maximum Gasteiger partial charge on any atom is 0.407 e. The number of amides is 1. The van der Waals surface area contributed by atoms with Gasteiger partial charge in [-0.3, -0.25) is 0 Å². The topological polar surface area (TPSA) is 120 Å². The Labute approximate surface area is 214 Å². The molecule has 0 aromatic heterocycles. The maximum absolute atomic E-state index is 13.5. The van der Waals surface area contributed by atoms with Crippen LogP contribution < -0.4 is 5.32 Å². The number of hydrogen-bond donors (Lipinski definition) is 2. The first-order valence-electron chi connectivity index (χ1n) is 12.1. The number of aliphatic hydroxyl groups is 1. The average molecular weight is 516 g/mol. The van der Waals surface area contributed by atoms with E-state index in [9.17, 15) is 18.3 Å². The molecular weight excluding hydrogens is 478 g/mol.